The molecular weight excluding hydrogens is 284 g/mol. The molecule has 1 aliphatic rings. The van der Waals surface area contributed by atoms with Crippen molar-refractivity contribution in [2.24, 2.45) is 0 Å². The first-order valence-electron chi connectivity index (χ1n) is 7.78. The molecule has 2 heteroatoms. The van der Waals surface area contributed by atoms with Crippen molar-refractivity contribution >= 4 is 5.97 Å². The SMILES string of the molecule is C=CCC1(CC=CC(=O)OC)c2ccccc2-c2ccccc21. The highest BCUT2D eigenvalue weighted by Crippen LogP contribution is 2.52. The van der Waals surface area contributed by atoms with Gasteiger partial charge in [0.15, 0.2) is 0 Å². The minimum absolute atomic E-state index is 0.167. The Morgan fingerprint density at radius 2 is 1.61 bits per heavy atom. The van der Waals surface area contributed by atoms with Crippen LogP contribution < -0.4 is 0 Å². The summed E-state index contributed by atoms with van der Waals surface area (Å²) in [7, 11) is 1.40. The van der Waals surface area contributed by atoms with E-state index in [1.54, 1.807) is 0 Å². The molecule has 0 aromatic heterocycles. The second-order valence-corrected chi connectivity index (χ2v) is 5.80. The normalized spacial score (nSPS) is 14.3. The molecule has 0 unspecified atom stereocenters. The Bertz CT molecular complexity index is 725. The number of fused-ring (bicyclic) bond motifs is 3. The van der Waals surface area contributed by atoms with Crippen LogP contribution in [0.2, 0.25) is 0 Å². The van der Waals surface area contributed by atoms with Crippen molar-refractivity contribution in [2.45, 2.75) is 18.3 Å². The summed E-state index contributed by atoms with van der Waals surface area (Å²) in [5.74, 6) is -0.321. The number of hydrogen-bond donors (Lipinski definition) is 0. The number of carbonyl (C=O) groups excluding carboxylic acids is 1. The van der Waals surface area contributed by atoms with E-state index in [0.717, 1.165) is 12.8 Å². The Morgan fingerprint density at radius 3 is 2.13 bits per heavy atom. The molecule has 3 rings (SSSR count). The van der Waals surface area contributed by atoms with Crippen LogP contribution in [0.5, 0.6) is 0 Å². The lowest BCUT2D eigenvalue weighted by molar-refractivity contribution is -0.134. The summed E-state index contributed by atoms with van der Waals surface area (Å²) in [6, 6.07) is 17.0. The first-order valence-corrected chi connectivity index (χ1v) is 7.78. The van der Waals surface area contributed by atoms with E-state index in [0.29, 0.717) is 0 Å². The molecule has 0 radical (unpaired) electrons. The Morgan fingerprint density at radius 1 is 1.04 bits per heavy atom. The zero-order valence-electron chi connectivity index (χ0n) is 13.3. The summed E-state index contributed by atoms with van der Waals surface area (Å²) in [6.45, 7) is 3.96. The van der Waals surface area contributed by atoms with Crippen LogP contribution in [0.4, 0.5) is 0 Å². The largest absolute Gasteiger partial charge is 0.466 e. The number of hydrogen-bond acceptors (Lipinski definition) is 2. The summed E-state index contributed by atoms with van der Waals surface area (Å²) < 4.78 is 4.70. The number of ether oxygens (including phenoxy) is 1. The van der Waals surface area contributed by atoms with Gasteiger partial charge in [-0.15, -0.1) is 6.58 Å². The average molecular weight is 304 g/mol. The van der Waals surface area contributed by atoms with Gasteiger partial charge in [0.1, 0.15) is 0 Å². The summed E-state index contributed by atoms with van der Waals surface area (Å²) in [5, 5.41) is 0. The van der Waals surface area contributed by atoms with Crippen LogP contribution in [0, 0.1) is 0 Å². The van der Waals surface area contributed by atoms with Crippen LogP contribution in [-0.2, 0) is 14.9 Å². The summed E-state index contributed by atoms with van der Waals surface area (Å²) in [5.41, 5.74) is 4.98. The molecule has 2 aromatic carbocycles. The van der Waals surface area contributed by atoms with Crippen molar-refractivity contribution in [3.05, 3.63) is 84.5 Å². The minimum Gasteiger partial charge on any atom is -0.466 e. The number of carbonyl (C=O) groups is 1. The lowest BCUT2D eigenvalue weighted by atomic mass is 9.73. The fraction of sp³-hybridized carbons (Fsp3) is 0.190. The van der Waals surface area contributed by atoms with Crippen LogP contribution in [0.15, 0.2) is 73.3 Å². The lowest BCUT2D eigenvalue weighted by Gasteiger charge is -2.30. The fourth-order valence-electron chi connectivity index (χ4n) is 3.61. The maximum atomic E-state index is 11.4. The van der Waals surface area contributed by atoms with E-state index < -0.39 is 0 Å². The van der Waals surface area contributed by atoms with E-state index in [-0.39, 0.29) is 11.4 Å². The van der Waals surface area contributed by atoms with E-state index in [9.17, 15) is 4.79 Å². The predicted molar refractivity (Wildman–Crippen MR) is 93.2 cm³/mol. The molecule has 0 spiro atoms. The van der Waals surface area contributed by atoms with Crippen LogP contribution in [-0.4, -0.2) is 13.1 Å². The summed E-state index contributed by atoms with van der Waals surface area (Å²) >= 11 is 0. The van der Waals surface area contributed by atoms with Gasteiger partial charge in [-0.1, -0.05) is 60.7 Å². The molecule has 0 amide bonds. The Hall–Kier alpha value is -2.61. The van der Waals surface area contributed by atoms with Gasteiger partial charge in [-0.2, -0.15) is 0 Å². The highest BCUT2D eigenvalue weighted by molar-refractivity contribution is 5.83. The Kier molecular flexibility index (Phi) is 4.16. The zero-order valence-corrected chi connectivity index (χ0v) is 13.3. The van der Waals surface area contributed by atoms with Crippen LogP contribution in [0.1, 0.15) is 24.0 Å². The van der Waals surface area contributed by atoms with E-state index in [1.807, 2.05) is 12.2 Å². The predicted octanol–water partition coefficient (Wildman–Crippen LogP) is 4.65. The quantitative estimate of drug-likeness (QED) is 0.456. The standard InChI is InChI=1S/C21H20O2/c1-3-14-21(15-8-13-20(22)23-2)18-11-6-4-9-16(18)17-10-5-7-12-19(17)21/h3-13H,1,14-15H2,2H3. The molecule has 0 saturated carbocycles. The van der Waals surface area contributed by atoms with Crippen LogP contribution in [0.25, 0.3) is 11.1 Å². The van der Waals surface area contributed by atoms with E-state index in [1.165, 1.54) is 35.4 Å². The second kappa shape index (κ2) is 6.25. The maximum absolute atomic E-state index is 11.4. The molecule has 0 heterocycles. The molecular formula is C21H20O2. The Balaban J connectivity index is 2.13. The number of allylic oxidation sites excluding steroid dienone is 2. The molecule has 0 saturated heterocycles. The third kappa shape index (κ3) is 2.50. The minimum atomic E-state index is -0.321. The van der Waals surface area contributed by atoms with Crippen LogP contribution >= 0.6 is 0 Å². The molecule has 0 aliphatic heterocycles. The first-order chi connectivity index (χ1) is 11.2. The number of methoxy groups -OCH3 is 1. The molecule has 0 fully saturated rings. The molecule has 1 aliphatic carbocycles. The molecule has 116 valence electrons. The maximum Gasteiger partial charge on any atom is 0.330 e. The lowest BCUT2D eigenvalue weighted by Crippen LogP contribution is -2.23. The van der Waals surface area contributed by atoms with E-state index in [4.69, 9.17) is 4.74 Å². The highest BCUT2D eigenvalue weighted by Gasteiger charge is 2.40. The third-order valence-corrected chi connectivity index (χ3v) is 4.59. The van der Waals surface area contributed by atoms with Gasteiger partial charge in [-0.05, 0) is 35.1 Å². The average Bonchev–Trinajstić information content (AvgIpc) is 2.87. The van der Waals surface area contributed by atoms with E-state index in [2.05, 4.69) is 55.1 Å². The number of esters is 1. The van der Waals surface area contributed by atoms with Crippen molar-refractivity contribution in [2.75, 3.05) is 7.11 Å². The zero-order chi connectivity index (χ0) is 16.3. The van der Waals surface area contributed by atoms with Gasteiger partial charge in [0.05, 0.1) is 7.11 Å². The van der Waals surface area contributed by atoms with Crippen molar-refractivity contribution in [1.82, 2.24) is 0 Å². The highest BCUT2D eigenvalue weighted by atomic mass is 16.5. The van der Waals surface area contributed by atoms with E-state index >= 15 is 0 Å². The number of rotatable bonds is 5. The molecule has 0 N–H and O–H groups in total. The van der Waals surface area contributed by atoms with Crippen molar-refractivity contribution in [3.63, 3.8) is 0 Å². The molecule has 2 nitrogen and oxygen atoms in total. The summed E-state index contributed by atoms with van der Waals surface area (Å²) in [6.07, 6.45) is 6.95. The van der Waals surface area contributed by atoms with Crippen LogP contribution in [0.3, 0.4) is 0 Å². The van der Waals surface area contributed by atoms with Gasteiger partial charge in [0.25, 0.3) is 0 Å². The van der Waals surface area contributed by atoms with Crippen molar-refractivity contribution in [1.29, 1.82) is 0 Å². The second-order valence-electron chi connectivity index (χ2n) is 5.80. The van der Waals surface area contributed by atoms with Crippen molar-refractivity contribution < 1.29 is 9.53 Å². The molecule has 2 aromatic rings. The van der Waals surface area contributed by atoms with Gasteiger partial charge in [-0.25, -0.2) is 4.79 Å². The fourth-order valence-corrected chi connectivity index (χ4v) is 3.61. The summed E-state index contributed by atoms with van der Waals surface area (Å²) in [4.78, 5) is 11.4. The molecule has 0 atom stereocenters. The molecule has 23 heavy (non-hydrogen) atoms. The Labute approximate surface area is 137 Å². The monoisotopic (exact) mass is 304 g/mol. The van der Waals surface area contributed by atoms with Gasteiger partial charge in [0, 0.05) is 11.5 Å². The topological polar surface area (TPSA) is 26.3 Å². The smallest absolute Gasteiger partial charge is 0.330 e. The van der Waals surface area contributed by atoms with Gasteiger partial charge >= 0.3 is 5.97 Å². The number of benzene rings is 2. The van der Waals surface area contributed by atoms with Gasteiger partial charge < -0.3 is 4.74 Å². The third-order valence-electron chi connectivity index (χ3n) is 4.59. The molecule has 0 bridgehead atoms. The first kappa shape index (κ1) is 15.3. The van der Waals surface area contributed by atoms with Crippen molar-refractivity contribution in [3.8, 4) is 11.1 Å². The van der Waals surface area contributed by atoms with Gasteiger partial charge in [0.2, 0.25) is 0 Å². The van der Waals surface area contributed by atoms with Gasteiger partial charge in [-0.3, -0.25) is 0 Å².